The number of hydrogen-bond acceptors (Lipinski definition) is 4. The van der Waals surface area contributed by atoms with Crippen LogP contribution in [0, 0.1) is 0 Å². The van der Waals surface area contributed by atoms with Gasteiger partial charge in [-0.3, -0.25) is 0 Å². The molecule has 0 amide bonds. The van der Waals surface area contributed by atoms with Crippen LogP contribution in [0.4, 0.5) is 5.82 Å². The van der Waals surface area contributed by atoms with Gasteiger partial charge in [-0.2, -0.15) is 0 Å². The minimum absolute atomic E-state index is 0.584. The molecule has 0 saturated heterocycles. The van der Waals surface area contributed by atoms with Crippen LogP contribution >= 0.6 is 11.3 Å². The molecule has 1 saturated carbocycles. The predicted octanol–water partition coefficient (Wildman–Crippen LogP) is 5.10. The van der Waals surface area contributed by atoms with Gasteiger partial charge in [-0.1, -0.05) is 60.9 Å². The zero-order chi connectivity index (χ0) is 14.8. The fraction of sp³-hybridized carbons (Fsp3) is 0.333. The molecular formula is C18H19N3S. The normalized spacial score (nSPS) is 16.0. The molecule has 2 heterocycles. The molecule has 3 aromatic rings. The molecule has 1 aromatic carbocycles. The van der Waals surface area contributed by atoms with Crippen LogP contribution < -0.4 is 5.32 Å². The number of nitrogens with zero attached hydrogens (tertiary/aromatic N) is 2. The van der Waals surface area contributed by atoms with Crippen LogP contribution in [0.2, 0.25) is 0 Å². The summed E-state index contributed by atoms with van der Waals surface area (Å²) in [6, 6.07) is 15.0. The highest BCUT2D eigenvalue weighted by molar-refractivity contribution is 7.21. The summed E-state index contributed by atoms with van der Waals surface area (Å²) in [4.78, 5) is 10.5. The number of aromatic nitrogens is 2. The van der Waals surface area contributed by atoms with Gasteiger partial charge in [0.05, 0.1) is 0 Å². The molecule has 1 fully saturated rings. The quantitative estimate of drug-likeness (QED) is 0.731. The van der Waals surface area contributed by atoms with Crippen molar-refractivity contribution in [3.63, 3.8) is 0 Å². The SMILES string of the molecule is c1ccc(-c2nc3ccc(NC4CCCCC4)nc3s2)cc1. The monoisotopic (exact) mass is 309 g/mol. The van der Waals surface area contributed by atoms with Crippen molar-refractivity contribution in [2.75, 3.05) is 5.32 Å². The van der Waals surface area contributed by atoms with Crippen LogP contribution in [0.3, 0.4) is 0 Å². The second-order valence-corrected chi connectivity index (χ2v) is 6.86. The molecule has 0 aliphatic heterocycles. The second kappa shape index (κ2) is 6.05. The lowest BCUT2D eigenvalue weighted by Crippen LogP contribution is -2.22. The Morgan fingerprint density at radius 1 is 0.909 bits per heavy atom. The van der Waals surface area contributed by atoms with Gasteiger partial charge in [-0.15, -0.1) is 0 Å². The fourth-order valence-electron chi connectivity index (χ4n) is 3.06. The minimum Gasteiger partial charge on any atom is -0.367 e. The summed E-state index contributed by atoms with van der Waals surface area (Å²) >= 11 is 1.66. The fourth-order valence-corrected chi connectivity index (χ4v) is 4.00. The lowest BCUT2D eigenvalue weighted by Gasteiger charge is -2.23. The molecule has 112 valence electrons. The molecule has 2 aromatic heterocycles. The Kier molecular flexibility index (Phi) is 3.77. The van der Waals surface area contributed by atoms with Crippen molar-refractivity contribution >= 4 is 27.5 Å². The smallest absolute Gasteiger partial charge is 0.146 e. The number of thiazole rings is 1. The first kappa shape index (κ1) is 13.7. The zero-order valence-electron chi connectivity index (χ0n) is 12.5. The van der Waals surface area contributed by atoms with Crippen molar-refractivity contribution in [3.05, 3.63) is 42.5 Å². The average Bonchev–Trinajstić information content (AvgIpc) is 3.00. The van der Waals surface area contributed by atoms with E-state index < -0.39 is 0 Å². The maximum absolute atomic E-state index is 4.76. The van der Waals surface area contributed by atoms with Gasteiger partial charge >= 0.3 is 0 Å². The lowest BCUT2D eigenvalue weighted by atomic mass is 9.95. The number of anilines is 1. The van der Waals surface area contributed by atoms with Crippen LogP contribution in [-0.2, 0) is 0 Å². The van der Waals surface area contributed by atoms with E-state index in [-0.39, 0.29) is 0 Å². The summed E-state index contributed by atoms with van der Waals surface area (Å²) in [5, 5.41) is 4.63. The van der Waals surface area contributed by atoms with Crippen LogP contribution in [0.1, 0.15) is 32.1 Å². The number of nitrogens with one attached hydrogen (secondary N) is 1. The summed E-state index contributed by atoms with van der Waals surface area (Å²) < 4.78 is 0. The molecule has 0 bridgehead atoms. The maximum Gasteiger partial charge on any atom is 0.146 e. The van der Waals surface area contributed by atoms with Crippen LogP contribution in [0.15, 0.2) is 42.5 Å². The molecule has 3 nitrogen and oxygen atoms in total. The maximum atomic E-state index is 4.76. The van der Waals surface area contributed by atoms with Crippen LogP contribution in [-0.4, -0.2) is 16.0 Å². The Morgan fingerprint density at radius 3 is 2.55 bits per heavy atom. The van der Waals surface area contributed by atoms with E-state index in [9.17, 15) is 0 Å². The van der Waals surface area contributed by atoms with Gasteiger partial charge in [0.2, 0.25) is 0 Å². The van der Waals surface area contributed by atoms with Crippen molar-refractivity contribution in [2.24, 2.45) is 0 Å². The molecule has 0 unspecified atom stereocenters. The first-order chi connectivity index (χ1) is 10.9. The van der Waals surface area contributed by atoms with E-state index in [2.05, 4.69) is 29.6 Å². The Morgan fingerprint density at radius 2 is 1.73 bits per heavy atom. The van der Waals surface area contributed by atoms with Crippen molar-refractivity contribution < 1.29 is 0 Å². The largest absolute Gasteiger partial charge is 0.367 e. The first-order valence-corrected chi connectivity index (χ1v) is 8.80. The molecule has 0 atom stereocenters. The van der Waals surface area contributed by atoms with E-state index in [1.807, 2.05) is 18.2 Å². The number of benzene rings is 1. The van der Waals surface area contributed by atoms with Crippen LogP contribution in [0.5, 0.6) is 0 Å². The summed E-state index contributed by atoms with van der Waals surface area (Å²) in [7, 11) is 0. The van der Waals surface area contributed by atoms with Gasteiger partial charge in [-0.05, 0) is 25.0 Å². The summed E-state index contributed by atoms with van der Waals surface area (Å²) in [6.45, 7) is 0. The number of pyridine rings is 1. The highest BCUT2D eigenvalue weighted by Crippen LogP contribution is 2.30. The Balaban J connectivity index is 1.60. The van der Waals surface area contributed by atoms with Crippen molar-refractivity contribution in [1.29, 1.82) is 0 Å². The van der Waals surface area contributed by atoms with E-state index in [0.717, 1.165) is 26.7 Å². The molecule has 4 heteroatoms. The Labute approximate surface area is 134 Å². The molecule has 1 aliphatic carbocycles. The number of hydrogen-bond donors (Lipinski definition) is 1. The van der Waals surface area contributed by atoms with Gasteiger partial charge in [0.1, 0.15) is 21.2 Å². The molecule has 1 N–H and O–H groups in total. The Hall–Kier alpha value is -1.94. The van der Waals surface area contributed by atoms with Gasteiger partial charge in [0.25, 0.3) is 0 Å². The third-order valence-corrected chi connectivity index (χ3v) is 5.25. The lowest BCUT2D eigenvalue weighted by molar-refractivity contribution is 0.462. The van der Waals surface area contributed by atoms with Gasteiger partial charge in [-0.25, -0.2) is 9.97 Å². The van der Waals surface area contributed by atoms with E-state index >= 15 is 0 Å². The zero-order valence-corrected chi connectivity index (χ0v) is 13.3. The van der Waals surface area contributed by atoms with E-state index in [4.69, 9.17) is 9.97 Å². The van der Waals surface area contributed by atoms with Gasteiger partial charge in [0.15, 0.2) is 0 Å². The van der Waals surface area contributed by atoms with Crippen LogP contribution in [0.25, 0.3) is 20.9 Å². The minimum atomic E-state index is 0.584. The molecule has 1 aliphatic rings. The number of rotatable bonds is 3. The topological polar surface area (TPSA) is 37.8 Å². The third-order valence-electron chi connectivity index (χ3n) is 4.23. The van der Waals surface area contributed by atoms with Gasteiger partial charge in [0, 0.05) is 11.6 Å². The van der Waals surface area contributed by atoms with Gasteiger partial charge < -0.3 is 5.32 Å². The highest BCUT2D eigenvalue weighted by Gasteiger charge is 2.14. The second-order valence-electron chi connectivity index (χ2n) is 5.89. The van der Waals surface area contributed by atoms with Crippen molar-refractivity contribution in [2.45, 2.75) is 38.1 Å². The highest BCUT2D eigenvalue weighted by atomic mass is 32.1. The molecule has 22 heavy (non-hydrogen) atoms. The molecule has 0 spiro atoms. The summed E-state index contributed by atoms with van der Waals surface area (Å²) in [6.07, 6.45) is 6.56. The standard InChI is InChI=1S/C18H19N3S/c1-3-7-13(8-4-1)17-20-15-11-12-16(21-18(15)22-17)19-14-9-5-2-6-10-14/h1,3-4,7-8,11-12,14H,2,5-6,9-10H2,(H,19,21). The molecule has 4 rings (SSSR count). The summed E-state index contributed by atoms with van der Waals surface area (Å²) in [5.74, 6) is 0.989. The third kappa shape index (κ3) is 2.83. The Bertz CT molecular complexity index is 760. The first-order valence-electron chi connectivity index (χ1n) is 7.98. The van der Waals surface area contributed by atoms with E-state index in [1.54, 1.807) is 11.3 Å². The average molecular weight is 309 g/mol. The molecule has 0 radical (unpaired) electrons. The van der Waals surface area contributed by atoms with E-state index in [1.165, 1.54) is 32.1 Å². The predicted molar refractivity (Wildman–Crippen MR) is 93.3 cm³/mol. The van der Waals surface area contributed by atoms with Crippen molar-refractivity contribution in [3.8, 4) is 10.6 Å². The summed E-state index contributed by atoms with van der Waals surface area (Å²) in [5.41, 5.74) is 2.14. The van der Waals surface area contributed by atoms with E-state index in [0.29, 0.717) is 6.04 Å². The van der Waals surface area contributed by atoms with Crippen molar-refractivity contribution in [1.82, 2.24) is 9.97 Å². The molecular weight excluding hydrogens is 290 g/mol. The number of fused-ring (bicyclic) bond motifs is 1.